The first-order chi connectivity index (χ1) is 13.6. The fourth-order valence-corrected chi connectivity index (χ4v) is 4.67. The summed E-state index contributed by atoms with van der Waals surface area (Å²) in [6.45, 7) is 8.29. The van der Waals surface area contributed by atoms with E-state index in [0.717, 1.165) is 30.8 Å². The molecule has 29 heavy (non-hydrogen) atoms. The standard InChI is InChI=1S/C22H27N3O3S/c1-22(2,3)28-20-9-7-17(8-10-20)15-25-12-11-19(16-25)24-29(26,27)21-6-4-5-18(13-21)14-23/h4-10,13,19,24H,11-12,15-16H2,1-3H3. The largest absolute Gasteiger partial charge is 0.488 e. The van der Waals surface area contributed by atoms with Gasteiger partial charge >= 0.3 is 0 Å². The molecule has 0 saturated carbocycles. The van der Waals surface area contributed by atoms with E-state index in [4.69, 9.17) is 10.00 Å². The van der Waals surface area contributed by atoms with Crippen LogP contribution in [-0.2, 0) is 16.6 Å². The lowest BCUT2D eigenvalue weighted by atomic mass is 10.1. The van der Waals surface area contributed by atoms with Crippen molar-refractivity contribution in [3.05, 3.63) is 59.7 Å². The van der Waals surface area contributed by atoms with Crippen molar-refractivity contribution in [1.29, 1.82) is 5.26 Å². The van der Waals surface area contributed by atoms with E-state index in [9.17, 15) is 8.42 Å². The van der Waals surface area contributed by atoms with E-state index >= 15 is 0 Å². The van der Waals surface area contributed by atoms with Gasteiger partial charge in [0.15, 0.2) is 0 Å². The van der Waals surface area contributed by atoms with E-state index in [-0.39, 0.29) is 16.5 Å². The smallest absolute Gasteiger partial charge is 0.240 e. The van der Waals surface area contributed by atoms with Crippen molar-refractivity contribution in [3.8, 4) is 11.8 Å². The second-order valence-electron chi connectivity index (χ2n) is 8.34. The summed E-state index contributed by atoms with van der Waals surface area (Å²) < 4.78 is 33.9. The number of benzene rings is 2. The number of likely N-dealkylation sites (tertiary alicyclic amines) is 1. The van der Waals surface area contributed by atoms with Crippen LogP contribution in [0.1, 0.15) is 38.3 Å². The van der Waals surface area contributed by atoms with Crippen LogP contribution in [0.15, 0.2) is 53.4 Å². The van der Waals surface area contributed by atoms with Crippen LogP contribution in [0, 0.1) is 11.3 Å². The second-order valence-corrected chi connectivity index (χ2v) is 10.1. The van der Waals surface area contributed by atoms with Gasteiger partial charge in [-0.1, -0.05) is 18.2 Å². The van der Waals surface area contributed by atoms with Gasteiger partial charge in [-0.3, -0.25) is 4.90 Å². The molecule has 2 aromatic rings. The zero-order valence-electron chi connectivity index (χ0n) is 17.1. The molecular weight excluding hydrogens is 386 g/mol. The van der Waals surface area contributed by atoms with Gasteiger partial charge in [-0.05, 0) is 63.1 Å². The lowest BCUT2D eigenvalue weighted by molar-refractivity contribution is 0.131. The molecule has 0 radical (unpaired) electrons. The predicted octanol–water partition coefficient (Wildman–Crippen LogP) is 3.29. The summed E-state index contributed by atoms with van der Waals surface area (Å²) in [5.74, 6) is 0.841. The molecule has 0 aliphatic carbocycles. The third-order valence-corrected chi connectivity index (χ3v) is 6.14. The molecule has 1 N–H and O–H groups in total. The molecule has 1 atom stereocenters. The number of nitrogens with one attached hydrogen (secondary N) is 1. The van der Waals surface area contributed by atoms with E-state index in [2.05, 4.69) is 9.62 Å². The molecule has 2 aromatic carbocycles. The SMILES string of the molecule is CC(C)(C)Oc1ccc(CN2CCC(NS(=O)(=O)c3cccc(C#N)c3)C2)cc1. The Morgan fingerprint density at radius 3 is 2.59 bits per heavy atom. The van der Waals surface area contributed by atoms with Crippen LogP contribution in [0.25, 0.3) is 0 Å². The van der Waals surface area contributed by atoms with E-state index < -0.39 is 10.0 Å². The number of hydrogen-bond acceptors (Lipinski definition) is 5. The molecule has 154 valence electrons. The van der Waals surface area contributed by atoms with Gasteiger partial charge in [0.2, 0.25) is 10.0 Å². The average Bonchev–Trinajstić information content (AvgIpc) is 3.08. The van der Waals surface area contributed by atoms with Gasteiger partial charge in [-0.15, -0.1) is 0 Å². The first-order valence-corrected chi connectivity index (χ1v) is 11.2. The fraction of sp³-hybridized carbons (Fsp3) is 0.409. The number of nitriles is 1. The molecule has 6 nitrogen and oxygen atoms in total. The molecule has 0 bridgehead atoms. The van der Waals surface area contributed by atoms with Crippen molar-refractivity contribution in [2.45, 2.75) is 50.3 Å². The zero-order chi connectivity index (χ0) is 21.1. The molecule has 1 fully saturated rings. The van der Waals surface area contributed by atoms with E-state index in [0.29, 0.717) is 12.1 Å². The van der Waals surface area contributed by atoms with Crippen LogP contribution in [0.2, 0.25) is 0 Å². The maximum Gasteiger partial charge on any atom is 0.240 e. The van der Waals surface area contributed by atoms with Crippen LogP contribution in [-0.4, -0.2) is 38.1 Å². The first kappa shape index (κ1) is 21.3. The monoisotopic (exact) mass is 413 g/mol. The third kappa shape index (κ3) is 6.04. The minimum atomic E-state index is -3.64. The fourth-order valence-electron chi connectivity index (χ4n) is 3.37. The van der Waals surface area contributed by atoms with Crippen molar-refractivity contribution in [3.63, 3.8) is 0 Å². The predicted molar refractivity (Wildman–Crippen MR) is 112 cm³/mol. The number of hydrogen-bond donors (Lipinski definition) is 1. The Hall–Kier alpha value is -2.40. The summed E-state index contributed by atoms with van der Waals surface area (Å²) in [5.41, 5.74) is 1.27. The van der Waals surface area contributed by atoms with Crippen molar-refractivity contribution >= 4 is 10.0 Å². The van der Waals surface area contributed by atoms with Crippen LogP contribution in [0.4, 0.5) is 0 Å². The number of nitrogens with zero attached hydrogens (tertiary/aromatic N) is 2. The molecule has 1 unspecified atom stereocenters. The van der Waals surface area contributed by atoms with E-state index in [1.807, 2.05) is 51.1 Å². The molecular formula is C22H27N3O3S. The Bertz CT molecular complexity index is 989. The van der Waals surface area contributed by atoms with Crippen molar-refractivity contribution in [1.82, 2.24) is 9.62 Å². The second kappa shape index (κ2) is 8.54. The van der Waals surface area contributed by atoms with Crippen LogP contribution in [0.3, 0.4) is 0 Å². The number of sulfonamides is 1. The lowest BCUT2D eigenvalue weighted by Crippen LogP contribution is -2.37. The first-order valence-electron chi connectivity index (χ1n) is 9.67. The normalized spacial score (nSPS) is 17.8. The maximum absolute atomic E-state index is 12.6. The molecule has 1 saturated heterocycles. The molecule has 3 rings (SSSR count). The van der Waals surface area contributed by atoms with Crippen molar-refractivity contribution in [2.75, 3.05) is 13.1 Å². The molecule has 1 heterocycles. The van der Waals surface area contributed by atoms with Gasteiger partial charge in [-0.2, -0.15) is 5.26 Å². The Balaban J connectivity index is 1.57. The Labute approximate surface area is 173 Å². The van der Waals surface area contributed by atoms with Gasteiger partial charge in [0.1, 0.15) is 11.4 Å². The minimum Gasteiger partial charge on any atom is -0.488 e. The van der Waals surface area contributed by atoms with Gasteiger partial charge in [-0.25, -0.2) is 13.1 Å². The van der Waals surface area contributed by atoms with Crippen molar-refractivity contribution < 1.29 is 13.2 Å². The molecule has 1 aliphatic heterocycles. The van der Waals surface area contributed by atoms with Gasteiger partial charge in [0.05, 0.1) is 16.5 Å². The molecule has 0 aromatic heterocycles. The highest BCUT2D eigenvalue weighted by Gasteiger charge is 2.27. The van der Waals surface area contributed by atoms with Crippen LogP contribution >= 0.6 is 0 Å². The molecule has 0 amide bonds. The zero-order valence-corrected chi connectivity index (χ0v) is 17.9. The summed E-state index contributed by atoms with van der Waals surface area (Å²) in [6.07, 6.45) is 0.752. The van der Waals surface area contributed by atoms with Crippen LogP contribution in [0.5, 0.6) is 5.75 Å². The summed E-state index contributed by atoms with van der Waals surface area (Å²) >= 11 is 0. The van der Waals surface area contributed by atoms with Crippen LogP contribution < -0.4 is 9.46 Å². The Morgan fingerprint density at radius 1 is 1.21 bits per heavy atom. The molecule has 7 heteroatoms. The van der Waals surface area contributed by atoms with E-state index in [1.165, 1.54) is 12.1 Å². The summed E-state index contributed by atoms with van der Waals surface area (Å²) in [4.78, 5) is 2.36. The van der Waals surface area contributed by atoms with Crippen molar-refractivity contribution in [2.24, 2.45) is 0 Å². The summed E-state index contributed by atoms with van der Waals surface area (Å²) in [7, 11) is -3.64. The number of ether oxygens (including phenoxy) is 1. The van der Waals surface area contributed by atoms with Gasteiger partial charge in [0, 0.05) is 25.7 Å². The van der Waals surface area contributed by atoms with E-state index in [1.54, 1.807) is 12.1 Å². The highest BCUT2D eigenvalue weighted by molar-refractivity contribution is 7.89. The maximum atomic E-state index is 12.6. The van der Waals surface area contributed by atoms with Gasteiger partial charge < -0.3 is 4.74 Å². The summed E-state index contributed by atoms with van der Waals surface area (Å²) in [6, 6.07) is 16.0. The molecule has 1 aliphatic rings. The van der Waals surface area contributed by atoms with Gasteiger partial charge in [0.25, 0.3) is 0 Å². The Morgan fingerprint density at radius 2 is 1.93 bits per heavy atom. The minimum absolute atomic E-state index is 0.129. The summed E-state index contributed by atoms with van der Waals surface area (Å²) in [5, 5.41) is 8.98. The third-order valence-electron chi connectivity index (χ3n) is 4.62. The molecule has 0 spiro atoms. The highest BCUT2D eigenvalue weighted by atomic mass is 32.2. The lowest BCUT2D eigenvalue weighted by Gasteiger charge is -2.22. The topological polar surface area (TPSA) is 82.4 Å². The number of rotatable bonds is 6. The average molecular weight is 414 g/mol. The quantitative estimate of drug-likeness (QED) is 0.786. The Kier molecular flexibility index (Phi) is 6.27. The highest BCUT2D eigenvalue weighted by Crippen LogP contribution is 2.21.